The van der Waals surface area contributed by atoms with E-state index in [0.717, 1.165) is 12.8 Å². The second-order valence-electron chi connectivity index (χ2n) is 6.13. The van der Waals surface area contributed by atoms with Gasteiger partial charge in [-0.2, -0.15) is 0 Å². The number of amides is 2. The van der Waals surface area contributed by atoms with E-state index in [1.165, 1.54) is 12.8 Å². The molecule has 1 aliphatic rings. The van der Waals surface area contributed by atoms with Gasteiger partial charge in [0, 0.05) is 6.54 Å². The maximum absolute atomic E-state index is 11.6. The van der Waals surface area contributed by atoms with Gasteiger partial charge in [-0.3, -0.25) is 9.59 Å². The molecule has 0 aromatic carbocycles. The van der Waals surface area contributed by atoms with Gasteiger partial charge in [0.05, 0.1) is 12.5 Å². The fraction of sp³-hybridized carbons (Fsp3) is 0.846. The van der Waals surface area contributed by atoms with Crippen LogP contribution >= 0.6 is 12.4 Å². The standard InChI is InChI=1S/C13H25N3O2.ClH/c1-13(2)5-3-9(4-6-13)8-16-12(18)10(14)7-11(15)17;/h9-10H,3-8,14H2,1-2H3,(H2,15,17)(H,16,18);1H. The van der Waals surface area contributed by atoms with Crippen LogP contribution in [0.1, 0.15) is 46.0 Å². The van der Waals surface area contributed by atoms with Crippen molar-refractivity contribution >= 4 is 24.2 Å². The first-order chi connectivity index (χ1) is 8.30. The van der Waals surface area contributed by atoms with E-state index in [1.54, 1.807) is 0 Å². The van der Waals surface area contributed by atoms with Crippen molar-refractivity contribution in [1.82, 2.24) is 5.32 Å². The van der Waals surface area contributed by atoms with Crippen LogP contribution in [0.3, 0.4) is 0 Å². The lowest BCUT2D eigenvalue weighted by Crippen LogP contribution is -2.44. The molecule has 0 radical (unpaired) electrons. The van der Waals surface area contributed by atoms with E-state index >= 15 is 0 Å². The maximum atomic E-state index is 11.6. The Kier molecular flexibility index (Phi) is 7.37. The minimum absolute atomic E-state index is 0. The Balaban J connectivity index is 0.00000324. The number of hydrogen-bond donors (Lipinski definition) is 3. The number of hydrogen-bond acceptors (Lipinski definition) is 3. The summed E-state index contributed by atoms with van der Waals surface area (Å²) in [5.41, 5.74) is 11.0. The van der Waals surface area contributed by atoms with Crippen molar-refractivity contribution < 1.29 is 9.59 Å². The number of carbonyl (C=O) groups is 2. The first-order valence-electron chi connectivity index (χ1n) is 6.62. The van der Waals surface area contributed by atoms with Gasteiger partial charge in [-0.15, -0.1) is 12.4 Å². The Morgan fingerprint density at radius 2 is 1.84 bits per heavy atom. The molecule has 19 heavy (non-hydrogen) atoms. The van der Waals surface area contributed by atoms with Crippen molar-refractivity contribution in [2.24, 2.45) is 22.8 Å². The summed E-state index contributed by atoms with van der Waals surface area (Å²) >= 11 is 0. The van der Waals surface area contributed by atoms with Crippen LogP contribution in [0.2, 0.25) is 0 Å². The van der Waals surface area contributed by atoms with E-state index in [-0.39, 0.29) is 24.7 Å². The van der Waals surface area contributed by atoms with Gasteiger partial charge >= 0.3 is 0 Å². The van der Waals surface area contributed by atoms with Gasteiger partial charge in [-0.25, -0.2) is 0 Å². The van der Waals surface area contributed by atoms with Crippen LogP contribution in [0, 0.1) is 11.3 Å². The summed E-state index contributed by atoms with van der Waals surface area (Å²) in [5, 5.41) is 2.81. The molecule has 5 N–H and O–H groups in total. The van der Waals surface area contributed by atoms with Crippen LogP contribution in [0.5, 0.6) is 0 Å². The molecule has 1 unspecified atom stereocenters. The predicted molar refractivity (Wildman–Crippen MR) is 77.8 cm³/mol. The monoisotopic (exact) mass is 291 g/mol. The molecule has 1 atom stereocenters. The number of carbonyl (C=O) groups excluding carboxylic acids is 2. The lowest BCUT2D eigenvalue weighted by molar-refractivity contribution is -0.126. The number of nitrogens with one attached hydrogen (secondary N) is 1. The van der Waals surface area contributed by atoms with E-state index in [0.29, 0.717) is 17.9 Å². The third kappa shape index (κ3) is 6.78. The second-order valence-corrected chi connectivity index (χ2v) is 6.13. The highest BCUT2D eigenvalue weighted by Crippen LogP contribution is 2.37. The van der Waals surface area contributed by atoms with Crippen molar-refractivity contribution in [3.63, 3.8) is 0 Å². The molecular weight excluding hydrogens is 266 g/mol. The van der Waals surface area contributed by atoms with Gasteiger partial charge < -0.3 is 16.8 Å². The number of nitrogens with two attached hydrogens (primary N) is 2. The van der Waals surface area contributed by atoms with E-state index in [4.69, 9.17) is 11.5 Å². The average molecular weight is 292 g/mol. The smallest absolute Gasteiger partial charge is 0.237 e. The van der Waals surface area contributed by atoms with Gasteiger partial charge in [0.15, 0.2) is 0 Å². The van der Waals surface area contributed by atoms with Crippen LogP contribution in [0.15, 0.2) is 0 Å². The van der Waals surface area contributed by atoms with Gasteiger partial charge in [-0.1, -0.05) is 13.8 Å². The van der Waals surface area contributed by atoms with Crippen LogP contribution in [-0.2, 0) is 9.59 Å². The molecule has 6 heteroatoms. The van der Waals surface area contributed by atoms with Crippen molar-refractivity contribution in [3.8, 4) is 0 Å². The lowest BCUT2D eigenvalue weighted by atomic mass is 9.73. The molecule has 0 heterocycles. The zero-order valence-electron chi connectivity index (χ0n) is 11.8. The summed E-state index contributed by atoms with van der Waals surface area (Å²) in [6.07, 6.45) is 4.57. The molecule has 0 aromatic heterocycles. The number of primary amides is 1. The Hall–Kier alpha value is -0.810. The molecule has 1 fully saturated rings. The molecule has 1 saturated carbocycles. The van der Waals surface area contributed by atoms with E-state index in [9.17, 15) is 9.59 Å². The SMILES string of the molecule is CC1(C)CCC(CNC(=O)C(N)CC(N)=O)CC1.Cl. The molecule has 0 aromatic rings. The Morgan fingerprint density at radius 3 is 2.32 bits per heavy atom. The minimum Gasteiger partial charge on any atom is -0.370 e. The summed E-state index contributed by atoms with van der Waals surface area (Å²) < 4.78 is 0. The fourth-order valence-corrected chi connectivity index (χ4v) is 2.35. The van der Waals surface area contributed by atoms with Crippen LogP contribution in [-0.4, -0.2) is 24.4 Å². The maximum Gasteiger partial charge on any atom is 0.237 e. The summed E-state index contributed by atoms with van der Waals surface area (Å²) in [4.78, 5) is 22.3. The minimum atomic E-state index is -0.817. The van der Waals surface area contributed by atoms with Crippen LogP contribution in [0.4, 0.5) is 0 Å². The van der Waals surface area contributed by atoms with Crippen LogP contribution in [0.25, 0.3) is 0 Å². The van der Waals surface area contributed by atoms with E-state index in [2.05, 4.69) is 19.2 Å². The van der Waals surface area contributed by atoms with Crippen LogP contribution < -0.4 is 16.8 Å². The fourth-order valence-electron chi connectivity index (χ4n) is 2.35. The summed E-state index contributed by atoms with van der Waals surface area (Å²) in [7, 11) is 0. The van der Waals surface area contributed by atoms with E-state index in [1.807, 2.05) is 0 Å². The molecule has 0 bridgehead atoms. The van der Waals surface area contributed by atoms with Gasteiger partial charge in [0.25, 0.3) is 0 Å². The van der Waals surface area contributed by atoms with Gasteiger partial charge in [-0.05, 0) is 37.0 Å². The third-order valence-electron chi connectivity index (χ3n) is 3.78. The topological polar surface area (TPSA) is 98.2 Å². The first-order valence-corrected chi connectivity index (χ1v) is 6.62. The quantitative estimate of drug-likeness (QED) is 0.703. The average Bonchev–Trinajstić information content (AvgIpc) is 2.26. The van der Waals surface area contributed by atoms with E-state index < -0.39 is 11.9 Å². The zero-order valence-corrected chi connectivity index (χ0v) is 12.6. The van der Waals surface area contributed by atoms with Crippen molar-refractivity contribution in [1.29, 1.82) is 0 Å². The summed E-state index contributed by atoms with van der Waals surface area (Å²) in [6, 6.07) is -0.817. The molecule has 1 aliphatic carbocycles. The normalized spacial score (nSPS) is 20.2. The Bertz CT molecular complexity index is 311. The zero-order chi connectivity index (χ0) is 13.8. The Labute approximate surface area is 121 Å². The van der Waals surface area contributed by atoms with Gasteiger partial charge in [0.2, 0.25) is 11.8 Å². The molecule has 0 saturated heterocycles. The van der Waals surface area contributed by atoms with Gasteiger partial charge in [0.1, 0.15) is 0 Å². The lowest BCUT2D eigenvalue weighted by Gasteiger charge is -2.34. The molecule has 2 amide bonds. The molecule has 0 spiro atoms. The Morgan fingerprint density at radius 1 is 1.32 bits per heavy atom. The molecule has 1 rings (SSSR count). The van der Waals surface area contributed by atoms with Crippen molar-refractivity contribution in [2.45, 2.75) is 52.0 Å². The first kappa shape index (κ1) is 18.2. The van der Waals surface area contributed by atoms with Crippen molar-refractivity contribution in [2.75, 3.05) is 6.54 Å². The highest BCUT2D eigenvalue weighted by molar-refractivity contribution is 5.87. The highest BCUT2D eigenvalue weighted by Gasteiger charge is 2.27. The number of rotatable bonds is 5. The molecule has 112 valence electrons. The highest BCUT2D eigenvalue weighted by atomic mass is 35.5. The summed E-state index contributed by atoms with van der Waals surface area (Å²) in [6.45, 7) is 5.22. The molecule has 0 aliphatic heterocycles. The van der Waals surface area contributed by atoms with Crippen molar-refractivity contribution in [3.05, 3.63) is 0 Å². The summed E-state index contributed by atoms with van der Waals surface area (Å²) in [5.74, 6) is -0.293. The number of halogens is 1. The predicted octanol–water partition coefficient (Wildman–Crippen LogP) is 0.944. The largest absolute Gasteiger partial charge is 0.370 e. The molecule has 5 nitrogen and oxygen atoms in total. The second kappa shape index (κ2) is 7.70. The molecular formula is C13H26ClN3O2. The third-order valence-corrected chi connectivity index (χ3v) is 3.78.